The zero-order chi connectivity index (χ0) is 26.7. The molecular formula is C26H41ClN6O2. The van der Waals surface area contributed by atoms with Gasteiger partial charge in [0.1, 0.15) is 12.1 Å². The van der Waals surface area contributed by atoms with Gasteiger partial charge in [-0.15, -0.1) is 0 Å². The molecule has 8 nitrogen and oxygen atoms in total. The topological polar surface area (TPSA) is 114 Å². The lowest BCUT2D eigenvalue weighted by molar-refractivity contribution is -0.105. The van der Waals surface area contributed by atoms with Crippen molar-refractivity contribution >= 4 is 23.7 Å². The Morgan fingerprint density at radius 2 is 1.97 bits per heavy atom. The van der Waals surface area contributed by atoms with Crippen LogP contribution in [0.4, 0.5) is 5.82 Å². The molecule has 2 aromatic rings. The van der Waals surface area contributed by atoms with E-state index in [-0.39, 0.29) is 5.41 Å². The molecule has 0 aliphatic rings. The molecule has 0 bridgehead atoms. The SMILES string of the molecule is C=CN.CCOc1ncc(Cl)cc1CNCC(C)(C)C/C(C=O)=C(\C)NC.CNc1ccccn1. The van der Waals surface area contributed by atoms with Crippen LogP contribution in [0.25, 0.3) is 0 Å². The molecule has 0 spiro atoms. The van der Waals surface area contributed by atoms with Gasteiger partial charge in [-0.25, -0.2) is 9.97 Å². The lowest BCUT2D eigenvalue weighted by Gasteiger charge is -2.26. The summed E-state index contributed by atoms with van der Waals surface area (Å²) >= 11 is 6.03. The largest absolute Gasteiger partial charge is 0.478 e. The van der Waals surface area contributed by atoms with Gasteiger partial charge in [-0.2, -0.15) is 0 Å². The normalized spacial score (nSPS) is 10.9. The quantitative estimate of drug-likeness (QED) is 0.260. The average Bonchev–Trinajstić information content (AvgIpc) is 2.85. The van der Waals surface area contributed by atoms with Crippen molar-refractivity contribution in [1.29, 1.82) is 0 Å². The number of nitrogens with zero attached hydrogens (tertiary/aromatic N) is 2. The van der Waals surface area contributed by atoms with E-state index in [4.69, 9.17) is 16.3 Å². The van der Waals surface area contributed by atoms with Crippen molar-refractivity contribution in [3.63, 3.8) is 0 Å². The van der Waals surface area contributed by atoms with Gasteiger partial charge in [-0.3, -0.25) is 4.79 Å². The highest BCUT2D eigenvalue weighted by Crippen LogP contribution is 2.25. The molecular weight excluding hydrogens is 464 g/mol. The molecule has 0 unspecified atom stereocenters. The number of ether oxygens (including phenoxy) is 1. The fraction of sp³-hybridized carbons (Fsp3) is 0.423. The minimum atomic E-state index is -0.0634. The van der Waals surface area contributed by atoms with Crippen LogP contribution in [0.3, 0.4) is 0 Å². The first kappa shape index (κ1) is 31.9. The van der Waals surface area contributed by atoms with Gasteiger partial charge in [0.15, 0.2) is 0 Å². The maximum atomic E-state index is 11.3. The number of carbonyl (C=O) groups is 1. The molecule has 0 aliphatic carbocycles. The van der Waals surface area contributed by atoms with Crippen molar-refractivity contribution < 1.29 is 9.53 Å². The molecule has 0 amide bonds. The van der Waals surface area contributed by atoms with Crippen molar-refractivity contribution in [3.05, 3.63) is 71.3 Å². The number of carbonyl (C=O) groups excluding carboxylic acids is 1. The van der Waals surface area contributed by atoms with Gasteiger partial charge in [0.05, 0.1) is 11.6 Å². The number of pyridine rings is 2. The number of allylic oxidation sites excluding steroid dienone is 2. The maximum Gasteiger partial charge on any atom is 0.217 e. The molecule has 35 heavy (non-hydrogen) atoms. The summed E-state index contributed by atoms with van der Waals surface area (Å²) in [5.74, 6) is 1.51. The summed E-state index contributed by atoms with van der Waals surface area (Å²) in [6.45, 7) is 13.2. The molecule has 9 heteroatoms. The fourth-order valence-corrected chi connectivity index (χ4v) is 3.09. The summed E-state index contributed by atoms with van der Waals surface area (Å²) in [7, 11) is 3.67. The van der Waals surface area contributed by atoms with Crippen LogP contribution >= 0.6 is 11.6 Å². The van der Waals surface area contributed by atoms with E-state index in [0.29, 0.717) is 30.5 Å². The highest BCUT2D eigenvalue weighted by Gasteiger charge is 2.21. The second-order valence-corrected chi connectivity index (χ2v) is 8.65. The molecule has 0 atom stereocenters. The molecule has 0 aromatic carbocycles. The average molecular weight is 505 g/mol. The van der Waals surface area contributed by atoms with E-state index in [1.54, 1.807) is 12.4 Å². The molecule has 0 aliphatic heterocycles. The molecule has 0 radical (unpaired) electrons. The van der Waals surface area contributed by atoms with Gasteiger partial charge in [0, 0.05) is 56.4 Å². The molecule has 2 rings (SSSR count). The number of anilines is 1. The number of nitrogens with one attached hydrogen (secondary N) is 3. The molecule has 194 valence electrons. The summed E-state index contributed by atoms with van der Waals surface area (Å²) in [5.41, 5.74) is 7.18. The van der Waals surface area contributed by atoms with Crippen LogP contribution in [0.15, 0.2) is 60.7 Å². The minimum Gasteiger partial charge on any atom is -0.478 e. The van der Waals surface area contributed by atoms with E-state index in [1.807, 2.05) is 52.2 Å². The predicted octanol–water partition coefficient (Wildman–Crippen LogP) is 4.54. The molecule has 2 aromatic heterocycles. The Hall–Kier alpha value is -3.10. The van der Waals surface area contributed by atoms with Crippen LogP contribution in [0.1, 0.15) is 39.7 Å². The van der Waals surface area contributed by atoms with E-state index < -0.39 is 0 Å². The Balaban J connectivity index is 0.000000864. The molecule has 5 N–H and O–H groups in total. The Morgan fingerprint density at radius 3 is 2.46 bits per heavy atom. The third-order valence-electron chi connectivity index (χ3n) is 4.68. The third-order valence-corrected chi connectivity index (χ3v) is 4.89. The zero-order valence-corrected chi connectivity index (χ0v) is 22.6. The first-order chi connectivity index (χ1) is 16.7. The van der Waals surface area contributed by atoms with Gasteiger partial charge in [0.2, 0.25) is 5.88 Å². The fourth-order valence-electron chi connectivity index (χ4n) is 2.91. The standard InChI is InChI=1S/C18H28ClN3O2.C6H8N2.C2H5N/c1-6-24-17-14(7-16(19)10-22-17)9-21-12-18(3,4)8-15(11-23)13(2)20-5;1-7-6-4-2-3-5-8-6;1-2-3/h7,10-11,20-21H,6,8-9,12H2,1-5H3;2-5H,1H3,(H,7,8);2H,1,3H2/b15-13-;;. The van der Waals surface area contributed by atoms with Crippen molar-refractivity contribution in [3.8, 4) is 5.88 Å². The van der Waals surface area contributed by atoms with E-state index in [9.17, 15) is 4.79 Å². The Morgan fingerprint density at radius 1 is 1.29 bits per heavy atom. The van der Waals surface area contributed by atoms with Gasteiger partial charge in [0.25, 0.3) is 0 Å². The van der Waals surface area contributed by atoms with Crippen molar-refractivity contribution in [1.82, 2.24) is 20.6 Å². The Kier molecular flexibility index (Phi) is 16.6. The molecule has 0 saturated carbocycles. The zero-order valence-electron chi connectivity index (χ0n) is 21.8. The number of nitrogens with two attached hydrogens (primary N) is 1. The second kappa shape index (κ2) is 18.3. The van der Waals surface area contributed by atoms with E-state index >= 15 is 0 Å². The number of rotatable bonds is 11. The second-order valence-electron chi connectivity index (χ2n) is 8.21. The summed E-state index contributed by atoms with van der Waals surface area (Å²) < 4.78 is 5.53. The summed E-state index contributed by atoms with van der Waals surface area (Å²) in [6, 6.07) is 7.61. The number of aldehydes is 1. The van der Waals surface area contributed by atoms with Crippen molar-refractivity contribution in [2.24, 2.45) is 11.1 Å². The van der Waals surface area contributed by atoms with Gasteiger partial charge < -0.3 is 26.4 Å². The molecule has 0 fully saturated rings. The summed E-state index contributed by atoms with van der Waals surface area (Å²) in [5, 5.41) is 9.96. The van der Waals surface area contributed by atoms with E-state index in [0.717, 1.165) is 35.5 Å². The number of hydrogen-bond acceptors (Lipinski definition) is 8. The van der Waals surface area contributed by atoms with Gasteiger partial charge in [-0.05, 0) is 50.1 Å². The lowest BCUT2D eigenvalue weighted by Crippen LogP contribution is -2.30. The third kappa shape index (κ3) is 14.0. The Labute approximate surface area is 215 Å². The highest BCUT2D eigenvalue weighted by atomic mass is 35.5. The van der Waals surface area contributed by atoms with Crippen LogP contribution in [0.2, 0.25) is 5.02 Å². The van der Waals surface area contributed by atoms with Crippen molar-refractivity contribution in [2.45, 2.75) is 40.7 Å². The van der Waals surface area contributed by atoms with Crippen LogP contribution < -0.4 is 26.4 Å². The van der Waals surface area contributed by atoms with Crippen molar-refractivity contribution in [2.75, 3.05) is 32.6 Å². The van der Waals surface area contributed by atoms with Gasteiger partial charge in [-0.1, -0.05) is 38.1 Å². The first-order valence-electron chi connectivity index (χ1n) is 11.4. The highest BCUT2D eigenvalue weighted by molar-refractivity contribution is 6.30. The lowest BCUT2D eigenvalue weighted by atomic mass is 9.85. The summed E-state index contributed by atoms with van der Waals surface area (Å²) in [4.78, 5) is 19.5. The maximum absolute atomic E-state index is 11.3. The van der Waals surface area contributed by atoms with Crippen LogP contribution in [0.5, 0.6) is 5.88 Å². The molecule has 0 saturated heterocycles. The number of aromatic nitrogens is 2. The smallest absolute Gasteiger partial charge is 0.217 e. The monoisotopic (exact) mass is 504 g/mol. The van der Waals surface area contributed by atoms with E-state index in [1.165, 1.54) is 6.20 Å². The molecule has 2 heterocycles. The number of halogens is 1. The van der Waals surface area contributed by atoms with Crippen LogP contribution in [0, 0.1) is 5.41 Å². The van der Waals surface area contributed by atoms with E-state index in [2.05, 4.69) is 52.1 Å². The first-order valence-corrected chi connectivity index (χ1v) is 11.8. The van der Waals surface area contributed by atoms with Gasteiger partial charge >= 0.3 is 0 Å². The Bertz CT molecular complexity index is 904. The number of hydrogen-bond donors (Lipinski definition) is 4. The minimum absolute atomic E-state index is 0.0634. The van der Waals surface area contributed by atoms with Crippen LogP contribution in [-0.4, -0.2) is 43.5 Å². The summed E-state index contributed by atoms with van der Waals surface area (Å²) in [6.07, 6.45) is 6.22. The van der Waals surface area contributed by atoms with Crippen LogP contribution in [-0.2, 0) is 11.3 Å². The predicted molar refractivity (Wildman–Crippen MR) is 147 cm³/mol.